The van der Waals surface area contributed by atoms with Crippen molar-refractivity contribution in [2.24, 2.45) is 5.73 Å². The average molecular weight is 185 g/mol. The van der Waals surface area contributed by atoms with Crippen molar-refractivity contribution in [3.05, 3.63) is 22.4 Å². The molecule has 2 nitrogen and oxygen atoms in total. The summed E-state index contributed by atoms with van der Waals surface area (Å²) in [5.41, 5.74) is 5.43. The van der Waals surface area contributed by atoms with E-state index in [4.69, 9.17) is 10.5 Å². The highest BCUT2D eigenvalue weighted by molar-refractivity contribution is 7.10. The molecule has 0 aliphatic rings. The van der Waals surface area contributed by atoms with Gasteiger partial charge in [-0.05, 0) is 30.8 Å². The molecular formula is C9H15NOS. The van der Waals surface area contributed by atoms with Gasteiger partial charge in [0, 0.05) is 12.0 Å². The molecule has 0 saturated heterocycles. The van der Waals surface area contributed by atoms with Gasteiger partial charge in [-0.3, -0.25) is 0 Å². The molecule has 2 N–H and O–H groups in total. The maximum Gasteiger partial charge on any atom is 0.0913 e. The minimum atomic E-state index is 0.244. The lowest BCUT2D eigenvalue weighted by Gasteiger charge is -2.12. The molecule has 0 aromatic carbocycles. The van der Waals surface area contributed by atoms with E-state index >= 15 is 0 Å². The molecule has 0 radical (unpaired) electrons. The van der Waals surface area contributed by atoms with Crippen LogP contribution in [0, 0.1) is 0 Å². The molecule has 0 fully saturated rings. The summed E-state index contributed by atoms with van der Waals surface area (Å²) in [6.07, 6.45) is 2.29. The van der Waals surface area contributed by atoms with Crippen LogP contribution in [0.4, 0.5) is 0 Å². The first-order chi connectivity index (χ1) is 5.88. The molecule has 3 heteroatoms. The quantitative estimate of drug-likeness (QED) is 0.763. The van der Waals surface area contributed by atoms with Crippen LogP contribution in [0.25, 0.3) is 0 Å². The van der Waals surface area contributed by atoms with Gasteiger partial charge in [-0.15, -0.1) is 11.3 Å². The van der Waals surface area contributed by atoms with Crippen LogP contribution in [0.2, 0.25) is 0 Å². The molecule has 0 amide bonds. The molecule has 0 aliphatic carbocycles. The van der Waals surface area contributed by atoms with Crippen molar-refractivity contribution in [1.82, 2.24) is 0 Å². The fourth-order valence-corrected chi connectivity index (χ4v) is 1.99. The molecule has 0 spiro atoms. The first kappa shape index (κ1) is 9.71. The number of thiophene rings is 1. The van der Waals surface area contributed by atoms with E-state index in [0.29, 0.717) is 0 Å². The molecule has 0 bridgehead atoms. The van der Waals surface area contributed by atoms with Crippen molar-refractivity contribution in [3.8, 4) is 0 Å². The third-order valence-electron chi connectivity index (χ3n) is 1.82. The molecule has 1 heterocycles. The van der Waals surface area contributed by atoms with E-state index in [9.17, 15) is 0 Å². The van der Waals surface area contributed by atoms with E-state index in [1.54, 1.807) is 18.4 Å². The van der Waals surface area contributed by atoms with Gasteiger partial charge in [0.25, 0.3) is 0 Å². The van der Waals surface area contributed by atoms with E-state index in [0.717, 1.165) is 19.4 Å². The number of hydrogen-bond donors (Lipinski definition) is 1. The van der Waals surface area contributed by atoms with Crippen molar-refractivity contribution >= 4 is 11.3 Å². The fourth-order valence-electron chi connectivity index (χ4n) is 1.15. The summed E-state index contributed by atoms with van der Waals surface area (Å²) in [6, 6.07) is 4.16. The molecule has 1 rings (SSSR count). The van der Waals surface area contributed by atoms with Crippen LogP contribution in [0.15, 0.2) is 17.5 Å². The van der Waals surface area contributed by atoms with Gasteiger partial charge in [0.1, 0.15) is 0 Å². The van der Waals surface area contributed by atoms with E-state index in [1.807, 2.05) is 0 Å². The van der Waals surface area contributed by atoms with Crippen molar-refractivity contribution < 1.29 is 4.74 Å². The monoisotopic (exact) mass is 185 g/mol. The van der Waals surface area contributed by atoms with Gasteiger partial charge in [-0.2, -0.15) is 0 Å². The Kier molecular flexibility index (Phi) is 4.29. The summed E-state index contributed by atoms with van der Waals surface area (Å²) < 4.78 is 5.35. The van der Waals surface area contributed by atoms with Gasteiger partial charge in [-0.1, -0.05) is 6.07 Å². The second-order valence-corrected chi connectivity index (χ2v) is 3.65. The Labute approximate surface area is 77.3 Å². The zero-order valence-corrected chi connectivity index (χ0v) is 8.14. The maximum atomic E-state index is 5.43. The molecule has 1 aromatic heterocycles. The van der Waals surface area contributed by atoms with Crippen LogP contribution < -0.4 is 5.73 Å². The van der Waals surface area contributed by atoms with E-state index in [2.05, 4.69) is 17.5 Å². The highest BCUT2D eigenvalue weighted by Crippen LogP contribution is 2.25. The molecule has 1 atom stereocenters. The molecule has 1 unspecified atom stereocenters. The number of nitrogens with two attached hydrogens (primary N) is 1. The van der Waals surface area contributed by atoms with Crippen LogP contribution >= 0.6 is 11.3 Å². The Morgan fingerprint density at radius 3 is 3.00 bits per heavy atom. The summed E-state index contributed by atoms with van der Waals surface area (Å²) in [6.45, 7) is 0.741. The molecule has 12 heavy (non-hydrogen) atoms. The average Bonchev–Trinajstić information content (AvgIpc) is 2.59. The van der Waals surface area contributed by atoms with Crippen LogP contribution in [0.5, 0.6) is 0 Å². The van der Waals surface area contributed by atoms with Gasteiger partial charge in [0.2, 0.25) is 0 Å². The van der Waals surface area contributed by atoms with E-state index < -0.39 is 0 Å². The highest BCUT2D eigenvalue weighted by atomic mass is 32.1. The lowest BCUT2D eigenvalue weighted by atomic mass is 10.1. The predicted molar refractivity (Wildman–Crippen MR) is 52.4 cm³/mol. The summed E-state index contributed by atoms with van der Waals surface area (Å²) in [5.74, 6) is 0. The zero-order valence-electron chi connectivity index (χ0n) is 7.32. The van der Waals surface area contributed by atoms with Crippen molar-refractivity contribution in [1.29, 1.82) is 0 Å². The minimum absolute atomic E-state index is 0.244. The maximum absolute atomic E-state index is 5.43. The first-order valence-electron chi connectivity index (χ1n) is 4.14. The molecular weight excluding hydrogens is 170 g/mol. The SMILES string of the molecule is COC(CCCN)c1cccs1. The summed E-state index contributed by atoms with van der Waals surface area (Å²) in [5, 5.41) is 2.07. The van der Waals surface area contributed by atoms with Crippen LogP contribution in [-0.4, -0.2) is 13.7 Å². The van der Waals surface area contributed by atoms with Gasteiger partial charge >= 0.3 is 0 Å². The molecule has 0 aliphatic heterocycles. The van der Waals surface area contributed by atoms with E-state index in [1.165, 1.54) is 4.88 Å². The van der Waals surface area contributed by atoms with Gasteiger partial charge in [-0.25, -0.2) is 0 Å². The van der Waals surface area contributed by atoms with Crippen LogP contribution in [-0.2, 0) is 4.74 Å². The number of methoxy groups -OCH3 is 1. The normalized spacial score (nSPS) is 13.2. The Bertz CT molecular complexity index is 198. The third kappa shape index (κ3) is 2.59. The zero-order chi connectivity index (χ0) is 8.81. The second-order valence-electron chi connectivity index (χ2n) is 2.67. The van der Waals surface area contributed by atoms with Gasteiger partial charge in [0.15, 0.2) is 0 Å². The highest BCUT2D eigenvalue weighted by Gasteiger charge is 2.09. The van der Waals surface area contributed by atoms with Crippen LogP contribution in [0.1, 0.15) is 23.8 Å². The summed E-state index contributed by atoms with van der Waals surface area (Å²) >= 11 is 1.74. The predicted octanol–water partition coefficient (Wildman–Crippen LogP) is 2.17. The number of rotatable bonds is 5. The fraction of sp³-hybridized carbons (Fsp3) is 0.556. The smallest absolute Gasteiger partial charge is 0.0913 e. The molecule has 1 aromatic rings. The largest absolute Gasteiger partial charge is 0.376 e. The number of ether oxygens (including phenoxy) is 1. The Balaban J connectivity index is 2.45. The molecule has 68 valence electrons. The Hall–Kier alpha value is -0.380. The van der Waals surface area contributed by atoms with E-state index in [-0.39, 0.29) is 6.10 Å². The Morgan fingerprint density at radius 1 is 1.67 bits per heavy atom. The first-order valence-corrected chi connectivity index (χ1v) is 5.02. The summed E-state index contributed by atoms with van der Waals surface area (Å²) in [7, 11) is 1.75. The molecule has 0 saturated carbocycles. The lowest BCUT2D eigenvalue weighted by molar-refractivity contribution is 0.0973. The minimum Gasteiger partial charge on any atom is -0.376 e. The number of hydrogen-bond acceptors (Lipinski definition) is 3. The summed E-state index contributed by atoms with van der Waals surface area (Å²) in [4.78, 5) is 1.30. The Morgan fingerprint density at radius 2 is 2.50 bits per heavy atom. The van der Waals surface area contributed by atoms with Crippen molar-refractivity contribution in [2.75, 3.05) is 13.7 Å². The van der Waals surface area contributed by atoms with Gasteiger partial charge < -0.3 is 10.5 Å². The topological polar surface area (TPSA) is 35.2 Å². The second kappa shape index (κ2) is 5.30. The third-order valence-corrected chi connectivity index (χ3v) is 2.78. The van der Waals surface area contributed by atoms with Gasteiger partial charge in [0.05, 0.1) is 6.10 Å². The van der Waals surface area contributed by atoms with Crippen molar-refractivity contribution in [3.63, 3.8) is 0 Å². The van der Waals surface area contributed by atoms with Crippen LogP contribution in [0.3, 0.4) is 0 Å². The standard InChI is InChI=1S/C9H15NOS/c1-11-8(4-2-6-10)9-5-3-7-12-9/h3,5,7-8H,2,4,6,10H2,1H3. The lowest BCUT2D eigenvalue weighted by Crippen LogP contribution is -2.04. The van der Waals surface area contributed by atoms with Crippen molar-refractivity contribution in [2.45, 2.75) is 18.9 Å².